The van der Waals surface area contributed by atoms with Crippen LogP contribution in [0.15, 0.2) is 146 Å². The van der Waals surface area contributed by atoms with Crippen molar-refractivity contribution in [3.05, 3.63) is 160 Å². The first kappa shape index (κ1) is 35.5. The Labute approximate surface area is 307 Å². The molecule has 8 aromatic rings. The Balaban J connectivity index is 0.00000150. The molecule has 0 saturated carbocycles. The molecule has 0 radical (unpaired) electrons. The van der Waals surface area contributed by atoms with Gasteiger partial charge in [-0.1, -0.05) is 136 Å². The molecule has 0 saturated heterocycles. The number of hydrogen-bond acceptors (Lipinski definition) is 0. The topological polar surface area (TPSA) is 0 Å². The number of fused-ring (bicyclic) bond motifs is 4. The van der Waals surface area contributed by atoms with Gasteiger partial charge in [0.25, 0.3) is 0 Å². The zero-order valence-electron chi connectivity index (χ0n) is 29.0. The second-order valence-corrected chi connectivity index (χ2v) is 18.5. The fourth-order valence-corrected chi connectivity index (χ4v) is 14.4. The minimum atomic E-state index is -2.22. The molecule has 0 atom stereocenters. The van der Waals surface area contributed by atoms with Gasteiger partial charge in [0.1, 0.15) is 0 Å². The standard InChI is InChI=1S/C44H38Si.2CH3.Hf/c1-29(2)45(30(3)4,35-25-33-17-11-23-41(43(33)27-35)39-21-9-15-31-13-5-7-19-37(31)39)36-26-34-18-12-24-42(44(34)28-36)40-22-10-16-32-14-6-8-20-38(32)40;;;/h5-30H,1-4H3;2*1H3;/q-2;2*-1;+4. The summed E-state index contributed by atoms with van der Waals surface area (Å²) in [5, 5.41) is 13.8. The molecule has 0 nitrogen and oxygen atoms in total. The molecule has 0 bridgehead atoms. The van der Waals surface area contributed by atoms with Gasteiger partial charge in [-0.2, -0.15) is 12.1 Å². The molecule has 48 heavy (non-hydrogen) atoms. The van der Waals surface area contributed by atoms with Crippen molar-refractivity contribution < 1.29 is 25.8 Å². The van der Waals surface area contributed by atoms with E-state index in [1.807, 2.05) is 0 Å². The summed E-state index contributed by atoms with van der Waals surface area (Å²) in [6.45, 7) is 9.88. The van der Waals surface area contributed by atoms with Crippen LogP contribution in [0, 0.1) is 14.9 Å². The maximum absolute atomic E-state index is 2.57. The average Bonchev–Trinajstić information content (AvgIpc) is 3.69. The molecule has 2 heteroatoms. The van der Waals surface area contributed by atoms with Crippen molar-refractivity contribution in [2.45, 2.75) is 38.8 Å². The summed E-state index contributed by atoms with van der Waals surface area (Å²) in [5.74, 6) is 0. The number of rotatable bonds is 6. The van der Waals surface area contributed by atoms with Gasteiger partial charge in [0.15, 0.2) is 0 Å². The molecular formula is C46H44HfSi. The van der Waals surface area contributed by atoms with Crippen molar-refractivity contribution in [1.29, 1.82) is 0 Å². The van der Waals surface area contributed by atoms with E-state index in [0.29, 0.717) is 11.1 Å². The SMILES string of the molecule is CC(C)[Si](c1cc2c(-c3cccc4ccccc34)cccc2[cH-]1)(c1cc2c(-c3cccc4ccccc34)cccc2[cH-]1)C(C)C.[CH3-].[CH3-].[Hf+4]. The fourth-order valence-electron chi connectivity index (χ4n) is 8.50. The van der Waals surface area contributed by atoms with Crippen LogP contribution in [0.1, 0.15) is 27.7 Å². The second-order valence-electron chi connectivity index (χ2n) is 13.3. The van der Waals surface area contributed by atoms with Crippen molar-refractivity contribution in [2.75, 3.05) is 0 Å². The molecule has 0 aliphatic heterocycles. The van der Waals surface area contributed by atoms with Crippen LogP contribution < -0.4 is 10.4 Å². The minimum absolute atomic E-state index is 0. The fraction of sp³-hybridized carbons (Fsp3) is 0.130. The van der Waals surface area contributed by atoms with Crippen molar-refractivity contribution in [3.8, 4) is 22.3 Å². The Morgan fingerprint density at radius 1 is 0.417 bits per heavy atom. The first-order valence-electron chi connectivity index (χ1n) is 16.3. The second kappa shape index (κ2) is 13.9. The van der Waals surface area contributed by atoms with Gasteiger partial charge in [-0.15, -0.1) is 68.3 Å². The zero-order valence-corrected chi connectivity index (χ0v) is 33.6. The largest absolute Gasteiger partial charge is 4.00 e. The molecule has 0 aromatic heterocycles. The van der Waals surface area contributed by atoms with E-state index in [1.165, 1.54) is 65.3 Å². The maximum atomic E-state index is 2.57. The minimum Gasteiger partial charge on any atom is -0.358 e. The van der Waals surface area contributed by atoms with E-state index in [4.69, 9.17) is 0 Å². The van der Waals surface area contributed by atoms with E-state index in [-0.39, 0.29) is 40.7 Å². The van der Waals surface area contributed by atoms with Gasteiger partial charge in [-0.05, 0) is 43.8 Å². The molecule has 0 fully saturated rings. The summed E-state index contributed by atoms with van der Waals surface area (Å²) in [7, 11) is -2.22. The van der Waals surface area contributed by atoms with Crippen molar-refractivity contribution in [3.63, 3.8) is 0 Å². The molecule has 0 aliphatic rings. The number of hydrogen-bond donors (Lipinski definition) is 0. The molecule has 8 rings (SSSR count). The Kier molecular flexibility index (Phi) is 10.3. The van der Waals surface area contributed by atoms with Crippen molar-refractivity contribution >= 4 is 61.5 Å². The van der Waals surface area contributed by atoms with Crippen LogP contribution in [0.4, 0.5) is 0 Å². The molecule has 0 spiro atoms. The maximum Gasteiger partial charge on any atom is 4.00 e. The molecule has 8 aromatic carbocycles. The molecule has 0 aliphatic carbocycles. The van der Waals surface area contributed by atoms with Gasteiger partial charge in [-0.3, -0.25) is 0 Å². The summed E-state index contributed by atoms with van der Waals surface area (Å²) >= 11 is 0. The molecule has 0 unspecified atom stereocenters. The van der Waals surface area contributed by atoms with E-state index in [1.54, 1.807) is 10.4 Å². The number of benzene rings is 6. The third-order valence-electron chi connectivity index (χ3n) is 10.4. The third-order valence-corrected chi connectivity index (χ3v) is 16.6. The Morgan fingerprint density at radius 2 is 0.750 bits per heavy atom. The van der Waals surface area contributed by atoms with Crippen LogP contribution in [0.5, 0.6) is 0 Å². The quantitative estimate of drug-likeness (QED) is 0.116. The van der Waals surface area contributed by atoms with Gasteiger partial charge < -0.3 is 14.9 Å². The summed E-state index contributed by atoms with van der Waals surface area (Å²) in [6.07, 6.45) is 0. The molecule has 0 N–H and O–H groups in total. The normalized spacial score (nSPS) is 11.6. The Bertz CT molecular complexity index is 2170. The van der Waals surface area contributed by atoms with Gasteiger partial charge in [0.2, 0.25) is 0 Å². The van der Waals surface area contributed by atoms with E-state index in [9.17, 15) is 0 Å². The molecular weight excluding hydrogens is 759 g/mol. The third kappa shape index (κ3) is 5.48. The zero-order chi connectivity index (χ0) is 30.7. The van der Waals surface area contributed by atoms with Crippen LogP contribution in [0.25, 0.3) is 65.3 Å². The summed E-state index contributed by atoms with van der Waals surface area (Å²) < 4.78 is 0. The monoisotopic (exact) mass is 804 g/mol. The Morgan fingerprint density at radius 3 is 1.15 bits per heavy atom. The van der Waals surface area contributed by atoms with Gasteiger partial charge in [-0.25, -0.2) is 0 Å². The van der Waals surface area contributed by atoms with E-state index in [2.05, 4.69) is 173 Å². The van der Waals surface area contributed by atoms with Crippen molar-refractivity contribution in [2.24, 2.45) is 0 Å². The van der Waals surface area contributed by atoms with Crippen LogP contribution in [0.3, 0.4) is 0 Å². The molecule has 0 heterocycles. The first-order chi connectivity index (χ1) is 22.0. The van der Waals surface area contributed by atoms with Crippen LogP contribution in [-0.2, 0) is 25.8 Å². The van der Waals surface area contributed by atoms with Crippen LogP contribution >= 0.6 is 0 Å². The van der Waals surface area contributed by atoms with Gasteiger partial charge >= 0.3 is 25.8 Å². The van der Waals surface area contributed by atoms with Gasteiger partial charge in [0.05, 0.1) is 8.07 Å². The van der Waals surface area contributed by atoms with E-state index in [0.717, 1.165) is 0 Å². The van der Waals surface area contributed by atoms with E-state index < -0.39 is 8.07 Å². The van der Waals surface area contributed by atoms with Crippen molar-refractivity contribution in [1.82, 2.24) is 0 Å². The summed E-state index contributed by atoms with van der Waals surface area (Å²) in [6, 6.07) is 54.9. The van der Waals surface area contributed by atoms with Crippen LogP contribution in [-0.4, -0.2) is 8.07 Å². The van der Waals surface area contributed by atoms with Crippen LogP contribution in [0.2, 0.25) is 11.1 Å². The molecule has 236 valence electrons. The Hall–Kier alpha value is -3.85. The molecule has 0 amide bonds. The van der Waals surface area contributed by atoms with Gasteiger partial charge in [0, 0.05) is 0 Å². The predicted molar refractivity (Wildman–Crippen MR) is 213 cm³/mol. The predicted octanol–water partition coefficient (Wildman–Crippen LogP) is 12.4. The summed E-state index contributed by atoms with van der Waals surface area (Å²) in [4.78, 5) is 0. The van der Waals surface area contributed by atoms with E-state index >= 15 is 0 Å². The summed E-state index contributed by atoms with van der Waals surface area (Å²) in [5.41, 5.74) is 6.36. The average molecular weight is 803 g/mol. The first-order valence-corrected chi connectivity index (χ1v) is 18.5. The smallest absolute Gasteiger partial charge is 0.358 e.